The maximum atomic E-state index is 4.46. The number of nitrogens with zero attached hydrogens (tertiary/aromatic N) is 1. The predicted octanol–water partition coefficient (Wildman–Crippen LogP) is 2.68. The third kappa shape index (κ3) is 1.70. The van der Waals surface area contributed by atoms with Crippen LogP contribution in [0.5, 0.6) is 0 Å². The fourth-order valence-electron chi connectivity index (χ4n) is 1.49. The van der Waals surface area contributed by atoms with E-state index in [1.165, 1.54) is 11.3 Å². The third-order valence-corrected chi connectivity index (χ3v) is 2.04. The zero-order valence-electron chi connectivity index (χ0n) is 7.89. The molecule has 0 N–H and O–H groups in total. The first-order valence-corrected chi connectivity index (χ1v) is 4.37. The Morgan fingerprint density at radius 3 is 2.18 bits per heavy atom. The summed E-state index contributed by atoms with van der Waals surface area (Å²) in [6.07, 6.45) is 2.25. The van der Waals surface area contributed by atoms with E-state index in [0.717, 1.165) is 6.54 Å². The summed E-state index contributed by atoms with van der Waals surface area (Å²) in [5.41, 5.74) is 2.78. The van der Waals surface area contributed by atoms with Gasteiger partial charge in [0.2, 0.25) is 0 Å². The Kier molecular flexibility index (Phi) is 2.48. The van der Waals surface area contributed by atoms with Crippen molar-refractivity contribution >= 4 is 5.71 Å². The molecule has 11 heavy (non-hydrogen) atoms. The molecule has 62 valence electrons. The van der Waals surface area contributed by atoms with Crippen molar-refractivity contribution in [1.29, 1.82) is 0 Å². The lowest BCUT2D eigenvalue weighted by molar-refractivity contribution is 0.780. The lowest BCUT2D eigenvalue weighted by Crippen LogP contribution is -2.12. The molecular formula is C10H17N. The quantitative estimate of drug-likeness (QED) is 0.575. The molecule has 1 aliphatic rings. The lowest BCUT2D eigenvalue weighted by Gasteiger charge is -2.12. The van der Waals surface area contributed by atoms with Gasteiger partial charge in [0, 0.05) is 5.71 Å². The summed E-state index contributed by atoms with van der Waals surface area (Å²) in [7, 11) is 0. The van der Waals surface area contributed by atoms with E-state index >= 15 is 0 Å². The molecule has 0 unspecified atom stereocenters. The molecule has 1 rings (SSSR count). The van der Waals surface area contributed by atoms with E-state index in [2.05, 4.69) is 38.8 Å². The normalized spacial score (nSPS) is 17.6. The maximum absolute atomic E-state index is 4.46. The van der Waals surface area contributed by atoms with Crippen molar-refractivity contribution in [2.45, 2.75) is 27.7 Å². The monoisotopic (exact) mass is 151 g/mol. The van der Waals surface area contributed by atoms with Crippen LogP contribution in [-0.2, 0) is 0 Å². The van der Waals surface area contributed by atoms with Gasteiger partial charge < -0.3 is 0 Å². The Bertz CT molecular complexity index is 175. The predicted molar refractivity (Wildman–Crippen MR) is 50.1 cm³/mol. The van der Waals surface area contributed by atoms with E-state index in [9.17, 15) is 0 Å². The number of allylic oxidation sites excluding steroid dienone is 1. The first-order valence-electron chi connectivity index (χ1n) is 4.37. The highest BCUT2D eigenvalue weighted by Gasteiger charge is 2.17. The van der Waals surface area contributed by atoms with Crippen molar-refractivity contribution in [2.75, 3.05) is 6.54 Å². The molecule has 0 atom stereocenters. The summed E-state index contributed by atoms with van der Waals surface area (Å²) in [6.45, 7) is 9.78. The second-order valence-electron chi connectivity index (χ2n) is 3.69. The van der Waals surface area contributed by atoms with Crippen LogP contribution in [0, 0.1) is 11.8 Å². The smallest absolute Gasteiger partial charge is 0.0580 e. The minimum absolute atomic E-state index is 0.589. The third-order valence-electron chi connectivity index (χ3n) is 2.04. The Hall–Kier alpha value is -0.590. The lowest BCUT2D eigenvalue weighted by atomic mass is 9.93. The van der Waals surface area contributed by atoms with Crippen molar-refractivity contribution in [3.8, 4) is 0 Å². The number of hydrogen-bond donors (Lipinski definition) is 0. The Morgan fingerprint density at radius 1 is 1.18 bits per heavy atom. The van der Waals surface area contributed by atoms with Crippen molar-refractivity contribution in [2.24, 2.45) is 16.8 Å². The highest BCUT2D eigenvalue weighted by molar-refractivity contribution is 6.03. The molecule has 0 saturated heterocycles. The largest absolute Gasteiger partial charge is 0.285 e. The van der Waals surface area contributed by atoms with Crippen LogP contribution in [0.15, 0.2) is 16.6 Å². The fraction of sp³-hybridized carbons (Fsp3) is 0.700. The van der Waals surface area contributed by atoms with E-state index in [4.69, 9.17) is 0 Å². The Balaban J connectivity index is 2.76. The standard InChI is InChI=1S/C10H17N/c1-7(2)9-5-6-11-10(9)8(3)4/h5,7-8H,6H2,1-4H3. The highest BCUT2D eigenvalue weighted by Crippen LogP contribution is 2.20. The molecule has 0 aromatic carbocycles. The molecule has 0 aromatic heterocycles. The number of aliphatic imine (C=N–C) groups is 1. The minimum atomic E-state index is 0.589. The molecule has 0 spiro atoms. The molecule has 0 radical (unpaired) electrons. The van der Waals surface area contributed by atoms with Crippen LogP contribution in [-0.4, -0.2) is 12.3 Å². The summed E-state index contributed by atoms with van der Waals surface area (Å²) >= 11 is 0. The van der Waals surface area contributed by atoms with E-state index in [1.807, 2.05) is 0 Å². The zero-order valence-corrected chi connectivity index (χ0v) is 7.89. The van der Waals surface area contributed by atoms with Gasteiger partial charge in [0.1, 0.15) is 0 Å². The van der Waals surface area contributed by atoms with Crippen LogP contribution >= 0.6 is 0 Å². The van der Waals surface area contributed by atoms with Crippen molar-refractivity contribution in [3.63, 3.8) is 0 Å². The average molecular weight is 151 g/mol. The van der Waals surface area contributed by atoms with Gasteiger partial charge in [-0.05, 0) is 17.4 Å². The first kappa shape index (κ1) is 8.51. The minimum Gasteiger partial charge on any atom is -0.285 e. The molecule has 0 saturated carbocycles. The number of rotatable bonds is 2. The second-order valence-corrected chi connectivity index (χ2v) is 3.69. The van der Waals surface area contributed by atoms with Gasteiger partial charge >= 0.3 is 0 Å². The van der Waals surface area contributed by atoms with Gasteiger partial charge in [-0.2, -0.15) is 0 Å². The second kappa shape index (κ2) is 3.21. The molecule has 0 aliphatic carbocycles. The van der Waals surface area contributed by atoms with Crippen LogP contribution in [0.3, 0.4) is 0 Å². The van der Waals surface area contributed by atoms with E-state index < -0.39 is 0 Å². The molecule has 1 heterocycles. The topological polar surface area (TPSA) is 12.4 Å². The summed E-state index contributed by atoms with van der Waals surface area (Å²) in [4.78, 5) is 4.46. The van der Waals surface area contributed by atoms with Gasteiger partial charge in [-0.3, -0.25) is 4.99 Å². The first-order chi connectivity index (χ1) is 5.13. The van der Waals surface area contributed by atoms with Gasteiger partial charge in [0.15, 0.2) is 0 Å². The Labute approximate surface area is 69.2 Å². The van der Waals surface area contributed by atoms with Crippen LogP contribution in [0.2, 0.25) is 0 Å². The van der Waals surface area contributed by atoms with Gasteiger partial charge in [-0.1, -0.05) is 33.8 Å². The van der Waals surface area contributed by atoms with Crippen molar-refractivity contribution in [1.82, 2.24) is 0 Å². The fourth-order valence-corrected chi connectivity index (χ4v) is 1.49. The van der Waals surface area contributed by atoms with Crippen LogP contribution < -0.4 is 0 Å². The van der Waals surface area contributed by atoms with Gasteiger partial charge in [-0.15, -0.1) is 0 Å². The highest BCUT2D eigenvalue weighted by atomic mass is 14.8. The van der Waals surface area contributed by atoms with Gasteiger partial charge in [0.05, 0.1) is 6.54 Å². The summed E-state index contributed by atoms with van der Waals surface area (Å²) in [5.74, 6) is 1.23. The summed E-state index contributed by atoms with van der Waals surface area (Å²) in [6, 6.07) is 0. The zero-order chi connectivity index (χ0) is 8.43. The summed E-state index contributed by atoms with van der Waals surface area (Å²) < 4.78 is 0. The van der Waals surface area contributed by atoms with Gasteiger partial charge in [0.25, 0.3) is 0 Å². The molecule has 0 fully saturated rings. The molecule has 0 amide bonds. The molecule has 1 heteroatoms. The van der Waals surface area contributed by atoms with Crippen LogP contribution in [0.1, 0.15) is 27.7 Å². The maximum Gasteiger partial charge on any atom is 0.0580 e. The van der Waals surface area contributed by atoms with E-state index in [1.54, 1.807) is 0 Å². The molecule has 1 nitrogen and oxygen atoms in total. The van der Waals surface area contributed by atoms with Crippen molar-refractivity contribution < 1.29 is 0 Å². The SMILES string of the molecule is CC(C)C1=CCN=C1C(C)C. The molecule has 0 aromatic rings. The number of hydrogen-bond acceptors (Lipinski definition) is 1. The summed E-state index contributed by atoms with van der Waals surface area (Å²) in [5, 5.41) is 0. The van der Waals surface area contributed by atoms with Crippen LogP contribution in [0.4, 0.5) is 0 Å². The van der Waals surface area contributed by atoms with E-state index in [-0.39, 0.29) is 0 Å². The average Bonchev–Trinajstić information content (AvgIpc) is 2.32. The Morgan fingerprint density at radius 2 is 1.82 bits per heavy atom. The van der Waals surface area contributed by atoms with Crippen molar-refractivity contribution in [3.05, 3.63) is 11.6 Å². The molecule has 1 aliphatic heterocycles. The van der Waals surface area contributed by atoms with E-state index in [0.29, 0.717) is 11.8 Å². The molecular weight excluding hydrogens is 134 g/mol. The molecule has 0 bridgehead atoms. The van der Waals surface area contributed by atoms with Gasteiger partial charge in [-0.25, -0.2) is 0 Å². The van der Waals surface area contributed by atoms with Crippen LogP contribution in [0.25, 0.3) is 0 Å².